The first-order chi connectivity index (χ1) is 11.4. The zero-order chi connectivity index (χ0) is 17.9. The number of amides is 1. The molecule has 1 heterocycles. The number of benzene rings is 1. The van der Waals surface area contributed by atoms with Gasteiger partial charge in [-0.2, -0.15) is 0 Å². The number of esters is 1. The van der Waals surface area contributed by atoms with Crippen LogP contribution in [-0.4, -0.2) is 48.9 Å². The summed E-state index contributed by atoms with van der Waals surface area (Å²) in [5.74, 6) is 0.0698. The van der Waals surface area contributed by atoms with E-state index in [2.05, 4.69) is 4.74 Å². The average Bonchev–Trinajstić information content (AvgIpc) is 2.98. The van der Waals surface area contributed by atoms with E-state index in [1.807, 2.05) is 0 Å². The van der Waals surface area contributed by atoms with Crippen LogP contribution >= 0.6 is 23.2 Å². The number of ether oxygens (including phenoxy) is 2. The van der Waals surface area contributed by atoms with E-state index in [1.165, 1.54) is 19.1 Å². The molecule has 0 unspecified atom stereocenters. The summed E-state index contributed by atoms with van der Waals surface area (Å²) in [5.41, 5.74) is 0.707. The van der Waals surface area contributed by atoms with Crippen molar-refractivity contribution >= 4 is 35.3 Å². The molecule has 0 aliphatic carbocycles. The second kappa shape index (κ2) is 7.94. The summed E-state index contributed by atoms with van der Waals surface area (Å²) in [4.78, 5) is 24.2. The highest BCUT2D eigenvalue weighted by Gasteiger charge is 2.38. The van der Waals surface area contributed by atoms with Gasteiger partial charge in [0.05, 0.1) is 24.3 Å². The quantitative estimate of drug-likeness (QED) is 0.792. The van der Waals surface area contributed by atoms with Crippen LogP contribution in [0.5, 0.6) is 5.75 Å². The normalized spacial score (nSPS) is 20.1. The fourth-order valence-electron chi connectivity index (χ4n) is 3.13. The van der Waals surface area contributed by atoms with Gasteiger partial charge in [-0.15, -0.1) is 0 Å². The second-order valence-electron chi connectivity index (χ2n) is 5.61. The predicted octanol–water partition coefficient (Wildman–Crippen LogP) is 3.79. The van der Waals surface area contributed by atoms with E-state index in [1.54, 1.807) is 12.1 Å². The Labute approximate surface area is 150 Å². The van der Waals surface area contributed by atoms with Gasteiger partial charge < -0.3 is 19.5 Å². The molecule has 2 atom stereocenters. The van der Waals surface area contributed by atoms with Gasteiger partial charge in [0.25, 0.3) is 0 Å². The Morgan fingerprint density at radius 1 is 1.33 bits per heavy atom. The van der Waals surface area contributed by atoms with Gasteiger partial charge in [-0.3, -0.25) is 4.79 Å². The molecule has 1 aromatic carbocycles. The molecular formula is C16H19Cl2NO5. The Morgan fingerprint density at radius 2 is 2.04 bits per heavy atom. The minimum atomic E-state index is -1.02. The van der Waals surface area contributed by atoms with Crippen LogP contribution in [0.3, 0.4) is 0 Å². The number of halogens is 2. The van der Waals surface area contributed by atoms with Gasteiger partial charge in [-0.1, -0.05) is 23.2 Å². The summed E-state index contributed by atoms with van der Waals surface area (Å²) in [6.07, 6.45) is 0.0813. The van der Waals surface area contributed by atoms with Crippen molar-refractivity contribution in [2.75, 3.05) is 20.8 Å². The minimum absolute atomic E-state index is 0.148. The van der Waals surface area contributed by atoms with Crippen molar-refractivity contribution in [3.8, 4) is 5.75 Å². The number of hydrogen-bond acceptors (Lipinski definition) is 4. The van der Waals surface area contributed by atoms with E-state index >= 15 is 0 Å². The van der Waals surface area contributed by atoms with Crippen LogP contribution in [-0.2, 0) is 9.53 Å². The number of carbonyl (C=O) groups excluding carboxylic acids is 1. The van der Waals surface area contributed by atoms with Crippen molar-refractivity contribution in [2.24, 2.45) is 0 Å². The summed E-state index contributed by atoms with van der Waals surface area (Å²) in [7, 11) is 2.84. The topological polar surface area (TPSA) is 76.1 Å². The maximum absolute atomic E-state index is 11.5. The lowest BCUT2D eigenvalue weighted by Gasteiger charge is -2.20. The highest BCUT2D eigenvalue weighted by atomic mass is 35.5. The molecule has 1 amide bonds. The number of hydrogen-bond donors (Lipinski definition) is 1. The van der Waals surface area contributed by atoms with Gasteiger partial charge in [0.2, 0.25) is 0 Å². The molecule has 1 aliphatic rings. The maximum atomic E-state index is 11.5. The van der Waals surface area contributed by atoms with E-state index in [0.717, 1.165) is 0 Å². The third-order valence-electron chi connectivity index (χ3n) is 4.29. The fourth-order valence-corrected chi connectivity index (χ4v) is 3.60. The predicted molar refractivity (Wildman–Crippen MR) is 90.1 cm³/mol. The second-order valence-corrected chi connectivity index (χ2v) is 6.40. The first-order valence-electron chi connectivity index (χ1n) is 7.47. The fraction of sp³-hybridized carbons (Fsp3) is 0.500. The van der Waals surface area contributed by atoms with Gasteiger partial charge in [0.15, 0.2) is 0 Å². The molecule has 0 aromatic heterocycles. The molecule has 1 saturated heterocycles. The smallest absolute Gasteiger partial charge is 0.407 e. The molecule has 0 saturated carbocycles. The molecular weight excluding hydrogens is 357 g/mol. The SMILES string of the molecule is COC(=O)CC[C@@H]1C[C@H](c2c(OC)ccc(Cl)c2Cl)CN1C(=O)O. The zero-order valence-electron chi connectivity index (χ0n) is 13.4. The lowest BCUT2D eigenvalue weighted by Crippen LogP contribution is -2.34. The van der Waals surface area contributed by atoms with Crippen molar-refractivity contribution in [3.63, 3.8) is 0 Å². The first-order valence-corrected chi connectivity index (χ1v) is 8.22. The molecule has 24 heavy (non-hydrogen) atoms. The van der Waals surface area contributed by atoms with Crippen molar-refractivity contribution < 1.29 is 24.2 Å². The molecule has 1 aromatic rings. The number of methoxy groups -OCH3 is 2. The molecule has 2 rings (SSSR count). The van der Waals surface area contributed by atoms with Crippen LogP contribution in [0.1, 0.15) is 30.7 Å². The van der Waals surface area contributed by atoms with Gasteiger partial charge >= 0.3 is 12.1 Å². The Hall–Kier alpha value is -1.66. The number of nitrogens with zero attached hydrogens (tertiary/aromatic N) is 1. The van der Waals surface area contributed by atoms with Crippen molar-refractivity contribution in [1.29, 1.82) is 0 Å². The number of likely N-dealkylation sites (tertiary alicyclic amines) is 1. The van der Waals surface area contributed by atoms with Crippen LogP contribution < -0.4 is 4.74 Å². The number of carbonyl (C=O) groups is 2. The van der Waals surface area contributed by atoms with Crippen LogP contribution in [0, 0.1) is 0 Å². The average molecular weight is 376 g/mol. The zero-order valence-corrected chi connectivity index (χ0v) is 14.9. The third-order valence-corrected chi connectivity index (χ3v) is 5.11. The van der Waals surface area contributed by atoms with Crippen molar-refractivity contribution in [2.45, 2.75) is 31.2 Å². The van der Waals surface area contributed by atoms with Crippen molar-refractivity contribution in [1.82, 2.24) is 4.90 Å². The van der Waals surface area contributed by atoms with Gasteiger partial charge in [-0.25, -0.2) is 4.79 Å². The maximum Gasteiger partial charge on any atom is 0.407 e. The highest BCUT2D eigenvalue weighted by molar-refractivity contribution is 6.42. The number of rotatable bonds is 5. The molecule has 0 spiro atoms. The van der Waals surface area contributed by atoms with E-state index in [9.17, 15) is 14.7 Å². The molecule has 1 N–H and O–H groups in total. The third kappa shape index (κ3) is 3.87. The van der Waals surface area contributed by atoms with Gasteiger partial charge in [-0.05, 0) is 25.0 Å². The lowest BCUT2D eigenvalue weighted by molar-refractivity contribution is -0.140. The van der Waals surface area contributed by atoms with E-state index in [0.29, 0.717) is 34.2 Å². The summed E-state index contributed by atoms with van der Waals surface area (Å²) in [6.45, 7) is 0.275. The highest BCUT2D eigenvalue weighted by Crippen LogP contribution is 2.44. The Morgan fingerprint density at radius 3 is 2.62 bits per heavy atom. The monoisotopic (exact) mass is 375 g/mol. The Kier molecular flexibility index (Phi) is 6.18. The molecule has 1 aliphatic heterocycles. The van der Waals surface area contributed by atoms with Crippen LogP contribution in [0.25, 0.3) is 0 Å². The van der Waals surface area contributed by atoms with Crippen molar-refractivity contribution in [3.05, 3.63) is 27.7 Å². The summed E-state index contributed by atoms with van der Waals surface area (Å²) < 4.78 is 9.98. The Balaban J connectivity index is 2.26. The van der Waals surface area contributed by atoms with E-state index in [-0.39, 0.29) is 30.9 Å². The standard InChI is InChI=1S/C16H19Cl2NO5/c1-23-12-5-4-11(17)15(18)14(12)9-7-10(3-6-13(20)24-2)19(8-9)16(21)22/h4-5,9-10H,3,6-8H2,1-2H3,(H,21,22)/t9-,10+/m0/s1. The van der Waals surface area contributed by atoms with Crippen LogP contribution in [0.2, 0.25) is 10.0 Å². The number of carboxylic acid groups (broad SMARTS) is 1. The largest absolute Gasteiger partial charge is 0.496 e. The van der Waals surface area contributed by atoms with E-state index < -0.39 is 6.09 Å². The van der Waals surface area contributed by atoms with Crippen LogP contribution in [0.4, 0.5) is 4.79 Å². The molecule has 6 nitrogen and oxygen atoms in total. The van der Waals surface area contributed by atoms with Crippen LogP contribution in [0.15, 0.2) is 12.1 Å². The molecule has 0 radical (unpaired) electrons. The summed E-state index contributed by atoms with van der Waals surface area (Å²) in [5, 5.41) is 10.2. The molecule has 0 bridgehead atoms. The summed E-state index contributed by atoms with van der Waals surface area (Å²) in [6, 6.07) is 3.08. The van der Waals surface area contributed by atoms with Gasteiger partial charge in [0.1, 0.15) is 5.75 Å². The van der Waals surface area contributed by atoms with E-state index in [4.69, 9.17) is 27.9 Å². The molecule has 132 valence electrons. The minimum Gasteiger partial charge on any atom is -0.496 e. The molecule has 1 fully saturated rings. The molecule has 8 heteroatoms. The Bertz CT molecular complexity index is 637. The lowest BCUT2D eigenvalue weighted by atomic mass is 9.94. The summed E-state index contributed by atoms with van der Waals surface area (Å²) >= 11 is 12.4. The first kappa shape index (κ1) is 18.7. The van der Waals surface area contributed by atoms with Gasteiger partial charge in [0, 0.05) is 30.5 Å².